The second-order valence-corrected chi connectivity index (χ2v) is 4.23. The molecule has 1 unspecified atom stereocenters. The lowest BCUT2D eigenvalue weighted by atomic mass is 9.99. The van der Waals surface area contributed by atoms with E-state index in [1.165, 1.54) is 0 Å². The molecular weight excluding hydrogens is 191 g/mol. The molecule has 0 heterocycles. The quantitative estimate of drug-likeness (QED) is 0.823. The number of hydrogen-bond acceptors (Lipinski definition) is 2. The molecule has 1 atom stereocenters. The fraction of sp³-hybridized carbons (Fsp3) is 0.500. The van der Waals surface area contributed by atoms with Crippen molar-refractivity contribution in [3.05, 3.63) is 35.1 Å². The first kappa shape index (κ1) is 12.1. The SMILES string of the molecule is CC(CN)c1ccc(CN(C)C)c(F)c1. The number of nitrogens with two attached hydrogens (primary N) is 1. The van der Waals surface area contributed by atoms with E-state index in [9.17, 15) is 4.39 Å². The van der Waals surface area contributed by atoms with Crippen molar-refractivity contribution in [2.45, 2.75) is 19.4 Å². The monoisotopic (exact) mass is 210 g/mol. The molecule has 0 amide bonds. The van der Waals surface area contributed by atoms with Crippen molar-refractivity contribution in [3.63, 3.8) is 0 Å². The van der Waals surface area contributed by atoms with Gasteiger partial charge in [0, 0.05) is 12.1 Å². The van der Waals surface area contributed by atoms with Crippen LogP contribution in [-0.4, -0.2) is 25.5 Å². The molecule has 1 aromatic rings. The molecule has 0 spiro atoms. The predicted octanol–water partition coefficient (Wildman–Crippen LogP) is 1.95. The summed E-state index contributed by atoms with van der Waals surface area (Å²) in [5.74, 6) is 0.0782. The minimum Gasteiger partial charge on any atom is -0.330 e. The van der Waals surface area contributed by atoms with Gasteiger partial charge in [-0.1, -0.05) is 19.1 Å². The Kier molecular flexibility index (Phi) is 4.24. The van der Waals surface area contributed by atoms with Crippen LogP contribution in [-0.2, 0) is 6.54 Å². The maximum Gasteiger partial charge on any atom is 0.127 e. The molecule has 2 N–H and O–H groups in total. The zero-order chi connectivity index (χ0) is 11.4. The second-order valence-electron chi connectivity index (χ2n) is 4.23. The number of nitrogens with zero attached hydrogens (tertiary/aromatic N) is 1. The summed E-state index contributed by atoms with van der Waals surface area (Å²) in [4.78, 5) is 1.95. The van der Waals surface area contributed by atoms with Crippen LogP contribution < -0.4 is 5.73 Å². The van der Waals surface area contributed by atoms with Gasteiger partial charge in [0.05, 0.1) is 0 Å². The smallest absolute Gasteiger partial charge is 0.127 e. The van der Waals surface area contributed by atoms with Crippen LogP contribution in [0.1, 0.15) is 24.0 Å². The van der Waals surface area contributed by atoms with Crippen LogP contribution >= 0.6 is 0 Å². The molecule has 1 aromatic carbocycles. The van der Waals surface area contributed by atoms with E-state index < -0.39 is 0 Å². The molecule has 0 aliphatic heterocycles. The summed E-state index contributed by atoms with van der Waals surface area (Å²) >= 11 is 0. The van der Waals surface area contributed by atoms with Crippen molar-refractivity contribution >= 4 is 0 Å². The summed E-state index contributed by atoms with van der Waals surface area (Å²) < 4.78 is 13.6. The average Bonchev–Trinajstić information content (AvgIpc) is 2.19. The maximum absolute atomic E-state index is 13.6. The van der Waals surface area contributed by atoms with E-state index in [0.717, 1.165) is 11.1 Å². The number of halogens is 1. The van der Waals surface area contributed by atoms with E-state index in [2.05, 4.69) is 0 Å². The van der Waals surface area contributed by atoms with Gasteiger partial charge in [-0.3, -0.25) is 0 Å². The molecule has 0 aliphatic rings. The molecule has 0 fully saturated rings. The molecule has 3 heteroatoms. The number of rotatable bonds is 4. The molecule has 0 aliphatic carbocycles. The van der Waals surface area contributed by atoms with Crippen molar-refractivity contribution in [3.8, 4) is 0 Å². The van der Waals surface area contributed by atoms with Gasteiger partial charge in [-0.05, 0) is 38.2 Å². The van der Waals surface area contributed by atoms with E-state index in [-0.39, 0.29) is 11.7 Å². The summed E-state index contributed by atoms with van der Waals surface area (Å²) in [6.45, 7) is 3.18. The largest absolute Gasteiger partial charge is 0.330 e. The van der Waals surface area contributed by atoms with Gasteiger partial charge < -0.3 is 10.6 Å². The van der Waals surface area contributed by atoms with E-state index >= 15 is 0 Å². The van der Waals surface area contributed by atoms with Crippen LogP contribution in [0.5, 0.6) is 0 Å². The van der Waals surface area contributed by atoms with Gasteiger partial charge in [-0.15, -0.1) is 0 Å². The topological polar surface area (TPSA) is 29.3 Å². The summed E-state index contributed by atoms with van der Waals surface area (Å²) in [5.41, 5.74) is 7.24. The molecule has 84 valence electrons. The van der Waals surface area contributed by atoms with Crippen LogP contribution in [0.4, 0.5) is 4.39 Å². The standard InChI is InChI=1S/C12H19FN2/c1-9(7-14)10-4-5-11(8-15(2)3)12(13)6-10/h4-6,9H,7-8,14H2,1-3H3. The Balaban J connectivity index is 2.88. The van der Waals surface area contributed by atoms with Gasteiger partial charge in [-0.25, -0.2) is 4.39 Å². The Morgan fingerprint density at radius 1 is 1.40 bits per heavy atom. The first-order valence-electron chi connectivity index (χ1n) is 5.17. The lowest BCUT2D eigenvalue weighted by Crippen LogP contribution is -2.13. The molecule has 0 saturated heterocycles. The summed E-state index contributed by atoms with van der Waals surface area (Å²) in [6.07, 6.45) is 0. The fourth-order valence-corrected chi connectivity index (χ4v) is 1.48. The minimum atomic E-state index is -0.137. The Labute approximate surface area is 90.9 Å². The molecule has 0 aromatic heterocycles. The molecule has 0 bridgehead atoms. The van der Waals surface area contributed by atoms with Crippen LogP contribution in [0.2, 0.25) is 0 Å². The first-order chi connectivity index (χ1) is 7.04. The Hall–Kier alpha value is -0.930. The van der Waals surface area contributed by atoms with Gasteiger partial charge in [0.15, 0.2) is 0 Å². The third kappa shape index (κ3) is 3.29. The van der Waals surface area contributed by atoms with Gasteiger partial charge in [-0.2, -0.15) is 0 Å². The van der Waals surface area contributed by atoms with Crippen molar-refractivity contribution in [1.29, 1.82) is 0 Å². The summed E-state index contributed by atoms with van der Waals surface area (Å²) in [7, 11) is 3.85. The van der Waals surface area contributed by atoms with Crippen molar-refractivity contribution in [2.75, 3.05) is 20.6 Å². The average molecular weight is 210 g/mol. The van der Waals surface area contributed by atoms with E-state index in [0.29, 0.717) is 13.1 Å². The summed E-state index contributed by atoms with van der Waals surface area (Å²) in [6, 6.07) is 5.40. The molecule has 0 saturated carbocycles. The fourth-order valence-electron chi connectivity index (χ4n) is 1.48. The molecular formula is C12H19FN2. The van der Waals surface area contributed by atoms with E-state index in [4.69, 9.17) is 5.73 Å². The third-order valence-electron chi connectivity index (χ3n) is 2.49. The van der Waals surface area contributed by atoms with Gasteiger partial charge in [0.1, 0.15) is 5.82 Å². The Bertz CT molecular complexity index is 323. The number of benzene rings is 1. The highest BCUT2D eigenvalue weighted by Gasteiger charge is 2.08. The highest BCUT2D eigenvalue weighted by molar-refractivity contribution is 5.26. The maximum atomic E-state index is 13.6. The van der Waals surface area contributed by atoms with Crippen molar-refractivity contribution in [1.82, 2.24) is 4.90 Å². The highest BCUT2D eigenvalue weighted by Crippen LogP contribution is 2.18. The number of hydrogen-bond donors (Lipinski definition) is 1. The van der Waals surface area contributed by atoms with Gasteiger partial charge in [0.2, 0.25) is 0 Å². The van der Waals surface area contributed by atoms with Crippen LogP contribution in [0.15, 0.2) is 18.2 Å². The molecule has 15 heavy (non-hydrogen) atoms. The normalized spacial score (nSPS) is 13.2. The Morgan fingerprint density at radius 3 is 2.53 bits per heavy atom. The first-order valence-corrected chi connectivity index (χ1v) is 5.17. The summed E-state index contributed by atoms with van der Waals surface area (Å²) in [5, 5.41) is 0. The third-order valence-corrected chi connectivity index (χ3v) is 2.49. The molecule has 0 radical (unpaired) electrons. The Morgan fingerprint density at radius 2 is 2.07 bits per heavy atom. The van der Waals surface area contributed by atoms with Crippen LogP contribution in [0.3, 0.4) is 0 Å². The van der Waals surface area contributed by atoms with Gasteiger partial charge >= 0.3 is 0 Å². The lowest BCUT2D eigenvalue weighted by Gasteiger charge is -2.13. The van der Waals surface area contributed by atoms with Gasteiger partial charge in [0.25, 0.3) is 0 Å². The van der Waals surface area contributed by atoms with E-state index in [1.807, 2.05) is 38.1 Å². The lowest BCUT2D eigenvalue weighted by molar-refractivity contribution is 0.392. The molecule has 2 nitrogen and oxygen atoms in total. The zero-order valence-electron chi connectivity index (χ0n) is 9.63. The minimum absolute atomic E-state index is 0.137. The van der Waals surface area contributed by atoms with Crippen molar-refractivity contribution in [2.24, 2.45) is 5.73 Å². The van der Waals surface area contributed by atoms with Crippen LogP contribution in [0, 0.1) is 5.82 Å². The zero-order valence-corrected chi connectivity index (χ0v) is 9.63. The van der Waals surface area contributed by atoms with Crippen molar-refractivity contribution < 1.29 is 4.39 Å². The molecule has 1 rings (SSSR count). The van der Waals surface area contributed by atoms with E-state index in [1.54, 1.807) is 6.07 Å². The van der Waals surface area contributed by atoms with Crippen LogP contribution in [0.25, 0.3) is 0 Å². The predicted molar refractivity (Wildman–Crippen MR) is 61.3 cm³/mol. The highest BCUT2D eigenvalue weighted by atomic mass is 19.1. The second kappa shape index (κ2) is 5.24.